The molecule has 0 bridgehead atoms. The molecule has 0 spiro atoms. The van der Waals surface area contributed by atoms with Crippen LogP contribution in [0.5, 0.6) is 5.75 Å². The number of hydrogen-bond donors (Lipinski definition) is 1. The van der Waals surface area contributed by atoms with Gasteiger partial charge < -0.3 is 10.1 Å². The number of anilines is 1. The van der Waals surface area contributed by atoms with Crippen LogP contribution in [0.1, 0.15) is 25.3 Å². The Morgan fingerprint density at radius 3 is 2.71 bits per heavy atom. The molecule has 1 aliphatic heterocycles. The SMILES string of the molecule is CCOc1cc(CN2CCC(Nc3cncnc3)CC2)ccc1Cl. The number of ether oxygens (including phenoxy) is 1. The number of piperidine rings is 1. The Kier molecular flexibility index (Phi) is 5.88. The van der Waals surface area contributed by atoms with E-state index in [-0.39, 0.29) is 0 Å². The zero-order chi connectivity index (χ0) is 16.8. The molecule has 1 aromatic heterocycles. The predicted molar refractivity (Wildman–Crippen MR) is 96.6 cm³/mol. The summed E-state index contributed by atoms with van der Waals surface area (Å²) >= 11 is 6.16. The lowest BCUT2D eigenvalue weighted by molar-refractivity contribution is 0.211. The van der Waals surface area contributed by atoms with E-state index in [0.717, 1.165) is 43.9 Å². The number of benzene rings is 1. The maximum Gasteiger partial charge on any atom is 0.138 e. The molecule has 0 amide bonds. The van der Waals surface area contributed by atoms with Crippen LogP contribution in [0.4, 0.5) is 5.69 Å². The quantitative estimate of drug-likeness (QED) is 0.866. The first-order valence-corrected chi connectivity index (χ1v) is 8.77. The zero-order valence-corrected chi connectivity index (χ0v) is 14.7. The first-order valence-electron chi connectivity index (χ1n) is 8.39. The Hall–Kier alpha value is -1.85. The van der Waals surface area contributed by atoms with E-state index < -0.39 is 0 Å². The fourth-order valence-electron chi connectivity index (χ4n) is 3.02. The van der Waals surface area contributed by atoms with Crippen LogP contribution in [-0.4, -0.2) is 40.6 Å². The van der Waals surface area contributed by atoms with E-state index in [1.807, 2.05) is 25.4 Å². The minimum Gasteiger partial charge on any atom is -0.492 e. The molecule has 0 unspecified atom stereocenters. The van der Waals surface area contributed by atoms with Gasteiger partial charge in [0, 0.05) is 25.7 Å². The Morgan fingerprint density at radius 1 is 1.25 bits per heavy atom. The lowest BCUT2D eigenvalue weighted by Crippen LogP contribution is -2.38. The van der Waals surface area contributed by atoms with Gasteiger partial charge in [0.1, 0.15) is 12.1 Å². The fourth-order valence-corrected chi connectivity index (χ4v) is 3.19. The van der Waals surface area contributed by atoms with E-state index in [1.165, 1.54) is 5.56 Å². The molecular formula is C18H23ClN4O. The largest absolute Gasteiger partial charge is 0.492 e. The molecule has 1 N–H and O–H groups in total. The molecule has 0 aliphatic carbocycles. The van der Waals surface area contributed by atoms with Gasteiger partial charge in [-0.05, 0) is 37.5 Å². The second-order valence-electron chi connectivity index (χ2n) is 6.02. The lowest BCUT2D eigenvalue weighted by atomic mass is 10.0. The Balaban J connectivity index is 1.51. The summed E-state index contributed by atoms with van der Waals surface area (Å²) in [7, 11) is 0. The third-order valence-corrected chi connectivity index (χ3v) is 4.53. The second-order valence-corrected chi connectivity index (χ2v) is 6.43. The highest BCUT2D eigenvalue weighted by atomic mass is 35.5. The van der Waals surface area contributed by atoms with Gasteiger partial charge in [0.15, 0.2) is 0 Å². The van der Waals surface area contributed by atoms with Crippen molar-refractivity contribution in [2.75, 3.05) is 25.0 Å². The minimum atomic E-state index is 0.483. The molecule has 1 fully saturated rings. The van der Waals surface area contributed by atoms with Crippen LogP contribution < -0.4 is 10.1 Å². The van der Waals surface area contributed by atoms with Gasteiger partial charge in [-0.15, -0.1) is 0 Å². The highest BCUT2D eigenvalue weighted by molar-refractivity contribution is 6.32. The minimum absolute atomic E-state index is 0.483. The molecule has 0 saturated carbocycles. The van der Waals surface area contributed by atoms with Crippen LogP contribution in [0, 0.1) is 0 Å². The van der Waals surface area contributed by atoms with E-state index in [4.69, 9.17) is 16.3 Å². The summed E-state index contributed by atoms with van der Waals surface area (Å²) in [5, 5.41) is 4.18. The molecule has 128 valence electrons. The van der Waals surface area contributed by atoms with Crippen LogP contribution in [0.15, 0.2) is 36.9 Å². The van der Waals surface area contributed by atoms with E-state index in [0.29, 0.717) is 17.7 Å². The Morgan fingerprint density at radius 2 is 2.00 bits per heavy atom. The number of rotatable bonds is 6. The summed E-state index contributed by atoms with van der Waals surface area (Å²) < 4.78 is 5.58. The summed E-state index contributed by atoms with van der Waals surface area (Å²) in [4.78, 5) is 10.6. The van der Waals surface area contributed by atoms with Gasteiger partial charge in [0.25, 0.3) is 0 Å². The molecule has 0 atom stereocenters. The van der Waals surface area contributed by atoms with Crippen molar-refractivity contribution in [3.8, 4) is 5.75 Å². The molecule has 0 radical (unpaired) electrons. The molecule has 5 nitrogen and oxygen atoms in total. The molecule has 2 heterocycles. The van der Waals surface area contributed by atoms with Gasteiger partial charge in [0.05, 0.1) is 29.7 Å². The van der Waals surface area contributed by atoms with Gasteiger partial charge >= 0.3 is 0 Å². The van der Waals surface area contributed by atoms with Crippen molar-refractivity contribution < 1.29 is 4.74 Å². The molecule has 1 aliphatic rings. The third kappa shape index (κ3) is 4.58. The van der Waals surface area contributed by atoms with Crippen LogP contribution in [0.25, 0.3) is 0 Å². The van der Waals surface area contributed by atoms with E-state index >= 15 is 0 Å². The first kappa shape index (κ1) is 17.0. The van der Waals surface area contributed by atoms with Crippen LogP contribution in [0.3, 0.4) is 0 Å². The predicted octanol–water partition coefficient (Wildman–Crippen LogP) is 3.61. The van der Waals surface area contributed by atoms with Crippen LogP contribution in [-0.2, 0) is 6.54 Å². The molecule has 3 rings (SSSR count). The number of aromatic nitrogens is 2. The number of hydrogen-bond acceptors (Lipinski definition) is 5. The van der Waals surface area contributed by atoms with Crippen LogP contribution in [0.2, 0.25) is 5.02 Å². The molecule has 2 aromatic rings. The maximum atomic E-state index is 6.16. The lowest BCUT2D eigenvalue weighted by Gasteiger charge is -2.32. The summed E-state index contributed by atoms with van der Waals surface area (Å²) in [6.07, 6.45) is 7.42. The van der Waals surface area contributed by atoms with E-state index in [1.54, 1.807) is 6.33 Å². The van der Waals surface area contributed by atoms with Crippen molar-refractivity contribution in [1.29, 1.82) is 0 Å². The maximum absolute atomic E-state index is 6.16. The summed E-state index contributed by atoms with van der Waals surface area (Å²) in [6, 6.07) is 6.54. The standard InChI is InChI=1S/C18H23ClN4O/c1-2-24-18-9-14(3-4-17(18)19)12-23-7-5-15(6-8-23)22-16-10-20-13-21-11-16/h3-4,9-11,13,15,22H,2,5-8,12H2,1H3. The smallest absolute Gasteiger partial charge is 0.138 e. The van der Waals surface area contributed by atoms with Gasteiger partial charge in [-0.25, -0.2) is 9.97 Å². The molecule has 1 saturated heterocycles. The number of likely N-dealkylation sites (tertiary alicyclic amines) is 1. The van der Waals surface area contributed by atoms with E-state index in [2.05, 4.69) is 32.3 Å². The van der Waals surface area contributed by atoms with Crippen molar-refractivity contribution in [1.82, 2.24) is 14.9 Å². The fraction of sp³-hybridized carbons (Fsp3) is 0.444. The summed E-state index contributed by atoms with van der Waals surface area (Å²) in [6.45, 7) is 5.66. The summed E-state index contributed by atoms with van der Waals surface area (Å²) in [5.41, 5.74) is 2.24. The molecule has 1 aromatic carbocycles. The van der Waals surface area contributed by atoms with Crippen molar-refractivity contribution in [3.63, 3.8) is 0 Å². The van der Waals surface area contributed by atoms with Gasteiger partial charge in [-0.3, -0.25) is 4.90 Å². The second kappa shape index (κ2) is 8.31. The number of nitrogens with one attached hydrogen (secondary N) is 1. The topological polar surface area (TPSA) is 50.3 Å². The average Bonchev–Trinajstić information content (AvgIpc) is 2.61. The number of nitrogens with zero attached hydrogens (tertiary/aromatic N) is 3. The van der Waals surface area contributed by atoms with Gasteiger partial charge in [0.2, 0.25) is 0 Å². The Bertz CT molecular complexity index is 645. The first-order chi connectivity index (χ1) is 11.7. The van der Waals surface area contributed by atoms with Gasteiger partial charge in [-0.1, -0.05) is 17.7 Å². The normalized spacial score (nSPS) is 16.1. The van der Waals surface area contributed by atoms with Crippen molar-refractivity contribution in [2.24, 2.45) is 0 Å². The molecule has 24 heavy (non-hydrogen) atoms. The monoisotopic (exact) mass is 346 g/mol. The summed E-state index contributed by atoms with van der Waals surface area (Å²) in [5.74, 6) is 0.775. The Labute approximate surface area is 148 Å². The molecule has 6 heteroatoms. The number of halogens is 1. The van der Waals surface area contributed by atoms with E-state index in [9.17, 15) is 0 Å². The van der Waals surface area contributed by atoms with Crippen molar-refractivity contribution in [2.45, 2.75) is 32.4 Å². The third-order valence-electron chi connectivity index (χ3n) is 4.22. The van der Waals surface area contributed by atoms with Crippen molar-refractivity contribution >= 4 is 17.3 Å². The van der Waals surface area contributed by atoms with Crippen molar-refractivity contribution in [3.05, 3.63) is 47.5 Å². The van der Waals surface area contributed by atoms with Gasteiger partial charge in [-0.2, -0.15) is 0 Å². The average molecular weight is 347 g/mol. The highest BCUT2D eigenvalue weighted by Gasteiger charge is 2.19. The highest BCUT2D eigenvalue weighted by Crippen LogP contribution is 2.26. The molecular weight excluding hydrogens is 324 g/mol. The van der Waals surface area contributed by atoms with Crippen LogP contribution >= 0.6 is 11.6 Å². The zero-order valence-electron chi connectivity index (χ0n) is 13.9.